The van der Waals surface area contributed by atoms with Crippen molar-refractivity contribution in [1.82, 2.24) is 5.32 Å². The number of carbonyl (C=O) groups is 1. The van der Waals surface area contributed by atoms with E-state index in [1.807, 2.05) is 20.8 Å². The summed E-state index contributed by atoms with van der Waals surface area (Å²) in [5.41, 5.74) is 4.84. The number of benzene rings is 1. The van der Waals surface area contributed by atoms with Crippen LogP contribution in [0.25, 0.3) is 0 Å². The maximum absolute atomic E-state index is 13.2. The number of carbonyl (C=O) groups excluding carboxylic acids is 1. The first-order valence-electron chi connectivity index (χ1n) is 11.2. The fraction of sp³-hybridized carbons (Fsp3) is 0.625. The third kappa shape index (κ3) is 5.52. The van der Waals surface area contributed by atoms with Crippen LogP contribution >= 0.6 is 0 Å². The predicted octanol–water partition coefficient (Wildman–Crippen LogP) is 3.91. The van der Waals surface area contributed by atoms with Gasteiger partial charge in [-0.3, -0.25) is 4.79 Å². The molecule has 8 heteroatoms. The maximum Gasteiger partial charge on any atom is 0.226 e. The Morgan fingerprint density at radius 1 is 1.12 bits per heavy atom. The first-order chi connectivity index (χ1) is 14.9. The number of fused-ring (bicyclic) bond motifs is 3. The van der Waals surface area contributed by atoms with Crippen molar-refractivity contribution in [2.75, 3.05) is 18.9 Å². The average Bonchev–Trinajstić information content (AvgIpc) is 2.74. The van der Waals surface area contributed by atoms with E-state index in [9.17, 15) is 17.6 Å². The third-order valence-corrected chi connectivity index (χ3v) is 8.87. The second-order valence-corrected chi connectivity index (χ2v) is 12.5. The molecule has 1 aromatic rings. The van der Waals surface area contributed by atoms with Crippen LogP contribution in [0.15, 0.2) is 41.1 Å². The molecule has 3 aliphatic carbocycles. The van der Waals surface area contributed by atoms with E-state index in [2.05, 4.69) is 5.32 Å². The second-order valence-electron chi connectivity index (χ2n) is 10.5. The SMILES string of the molecule is CC(C)(C)NC(=O)C12CCC(CS(=O)(=O)c3ccc(OC/C(=C/F)CN)cc3)(CC1)CC2. The number of rotatable bonds is 8. The average molecular weight is 467 g/mol. The zero-order chi connectivity index (χ0) is 23.6. The molecule has 4 rings (SSSR count). The van der Waals surface area contributed by atoms with Gasteiger partial charge in [-0.1, -0.05) is 0 Å². The molecule has 178 valence electrons. The van der Waals surface area contributed by atoms with Crippen molar-refractivity contribution in [2.24, 2.45) is 16.6 Å². The minimum atomic E-state index is -3.48. The van der Waals surface area contributed by atoms with Crippen molar-refractivity contribution in [2.45, 2.75) is 69.7 Å². The van der Waals surface area contributed by atoms with Crippen molar-refractivity contribution >= 4 is 15.7 Å². The van der Waals surface area contributed by atoms with Crippen molar-refractivity contribution in [3.63, 3.8) is 0 Å². The molecule has 2 bridgehead atoms. The Balaban J connectivity index is 1.64. The number of hydrogen-bond acceptors (Lipinski definition) is 5. The van der Waals surface area contributed by atoms with Crippen LogP contribution < -0.4 is 15.8 Å². The number of ether oxygens (including phenoxy) is 1. The van der Waals surface area contributed by atoms with Gasteiger partial charge in [-0.25, -0.2) is 12.8 Å². The third-order valence-electron chi connectivity index (χ3n) is 6.89. The van der Waals surface area contributed by atoms with Gasteiger partial charge in [-0.2, -0.15) is 0 Å². The largest absolute Gasteiger partial charge is 0.489 e. The fourth-order valence-corrected chi connectivity index (χ4v) is 6.79. The molecule has 1 aromatic carbocycles. The van der Waals surface area contributed by atoms with Crippen molar-refractivity contribution in [3.05, 3.63) is 36.2 Å². The minimum Gasteiger partial charge on any atom is -0.489 e. The van der Waals surface area contributed by atoms with Gasteiger partial charge in [0.05, 0.1) is 17.0 Å². The quantitative estimate of drug-likeness (QED) is 0.605. The Kier molecular flexibility index (Phi) is 7.05. The first kappa shape index (κ1) is 24.7. The summed E-state index contributed by atoms with van der Waals surface area (Å²) in [6, 6.07) is 6.24. The maximum atomic E-state index is 13.2. The van der Waals surface area contributed by atoms with Gasteiger partial charge in [-0.15, -0.1) is 0 Å². The number of sulfone groups is 1. The van der Waals surface area contributed by atoms with E-state index < -0.39 is 9.84 Å². The van der Waals surface area contributed by atoms with E-state index in [0.29, 0.717) is 17.7 Å². The van der Waals surface area contributed by atoms with Crippen LogP contribution in [0.3, 0.4) is 0 Å². The Morgan fingerprint density at radius 2 is 1.69 bits per heavy atom. The van der Waals surface area contributed by atoms with Crippen LogP contribution in [-0.4, -0.2) is 38.8 Å². The lowest BCUT2D eigenvalue weighted by Gasteiger charge is -2.52. The van der Waals surface area contributed by atoms with Crippen molar-refractivity contribution < 1.29 is 22.3 Å². The number of halogens is 1. The Morgan fingerprint density at radius 3 is 2.16 bits per heavy atom. The smallest absolute Gasteiger partial charge is 0.226 e. The van der Waals surface area contributed by atoms with Gasteiger partial charge < -0.3 is 15.8 Å². The zero-order valence-corrected chi connectivity index (χ0v) is 20.1. The molecular weight excluding hydrogens is 431 g/mol. The monoisotopic (exact) mass is 466 g/mol. The number of nitrogens with one attached hydrogen (secondary N) is 1. The van der Waals surface area contributed by atoms with Crippen molar-refractivity contribution in [3.8, 4) is 5.75 Å². The van der Waals surface area contributed by atoms with E-state index in [-0.39, 0.29) is 46.1 Å². The first-order valence-corrected chi connectivity index (χ1v) is 12.8. The van der Waals surface area contributed by atoms with E-state index in [4.69, 9.17) is 10.5 Å². The highest BCUT2D eigenvalue weighted by Gasteiger charge is 2.53. The van der Waals surface area contributed by atoms with Crippen LogP contribution in [-0.2, 0) is 14.6 Å². The molecule has 3 fully saturated rings. The lowest BCUT2D eigenvalue weighted by Crippen LogP contribution is -2.55. The van der Waals surface area contributed by atoms with Gasteiger partial charge in [0, 0.05) is 23.1 Å². The molecule has 0 heterocycles. The molecule has 0 aliphatic heterocycles. The van der Waals surface area contributed by atoms with Crippen LogP contribution in [0.2, 0.25) is 0 Å². The molecule has 0 unspecified atom stereocenters. The number of hydrogen-bond donors (Lipinski definition) is 2. The Labute approximate surface area is 190 Å². The summed E-state index contributed by atoms with van der Waals surface area (Å²) in [6.45, 7) is 6.02. The highest BCUT2D eigenvalue weighted by Crippen LogP contribution is 2.57. The van der Waals surface area contributed by atoms with E-state index in [0.717, 1.165) is 38.5 Å². The van der Waals surface area contributed by atoms with Crippen LogP contribution in [0.1, 0.15) is 59.3 Å². The van der Waals surface area contributed by atoms with E-state index in [1.54, 1.807) is 12.1 Å². The fourth-order valence-electron chi connectivity index (χ4n) is 4.83. The normalized spacial score (nSPS) is 26.1. The lowest BCUT2D eigenvalue weighted by molar-refractivity contribution is -0.141. The summed E-state index contributed by atoms with van der Waals surface area (Å²) in [7, 11) is -3.48. The molecule has 0 radical (unpaired) electrons. The van der Waals surface area contributed by atoms with Gasteiger partial charge in [0.25, 0.3) is 0 Å². The summed E-state index contributed by atoms with van der Waals surface area (Å²) in [6.07, 6.45) is 4.90. The molecule has 3 aliphatic rings. The van der Waals surface area contributed by atoms with E-state index >= 15 is 0 Å². The van der Waals surface area contributed by atoms with Crippen LogP contribution in [0.4, 0.5) is 4.39 Å². The molecule has 32 heavy (non-hydrogen) atoms. The molecule has 0 atom stereocenters. The molecule has 3 saturated carbocycles. The van der Waals surface area contributed by atoms with Gasteiger partial charge in [-0.05, 0) is 89.0 Å². The standard InChI is InChI=1S/C24H35FN2O4S/c1-22(2,3)27-21(28)24-11-8-23(9-12-24,10-13-24)17-32(29,30)20-6-4-19(5-7-20)31-16-18(14-25)15-26/h4-7,14H,8-13,15-17,26H2,1-3H3,(H,27,28)/b18-14+. The molecule has 0 saturated heterocycles. The van der Waals surface area contributed by atoms with Crippen LogP contribution in [0.5, 0.6) is 5.75 Å². The number of nitrogens with two attached hydrogens (primary N) is 1. The van der Waals surface area contributed by atoms with Gasteiger partial charge >= 0.3 is 0 Å². The summed E-state index contributed by atoms with van der Waals surface area (Å²) in [5, 5.41) is 3.12. The predicted molar refractivity (Wildman–Crippen MR) is 123 cm³/mol. The van der Waals surface area contributed by atoms with Crippen molar-refractivity contribution in [1.29, 1.82) is 0 Å². The molecule has 1 amide bonds. The minimum absolute atomic E-state index is 0.0206. The molecular formula is C24H35FN2O4S. The Bertz CT molecular complexity index is 940. The molecule has 3 N–H and O–H groups in total. The summed E-state index contributed by atoms with van der Waals surface area (Å²) < 4.78 is 44.4. The lowest BCUT2D eigenvalue weighted by atomic mass is 9.54. The second kappa shape index (κ2) is 9.14. The Hall–Kier alpha value is -1.93. The zero-order valence-electron chi connectivity index (χ0n) is 19.2. The van der Waals surface area contributed by atoms with Gasteiger partial charge in [0.2, 0.25) is 5.91 Å². The summed E-state index contributed by atoms with van der Waals surface area (Å²) >= 11 is 0. The van der Waals surface area contributed by atoms with Crippen LogP contribution in [0, 0.1) is 10.8 Å². The highest BCUT2D eigenvalue weighted by molar-refractivity contribution is 7.91. The molecule has 6 nitrogen and oxygen atoms in total. The number of amides is 1. The summed E-state index contributed by atoms with van der Waals surface area (Å²) in [4.78, 5) is 13.2. The molecule has 0 aromatic heterocycles. The molecule has 0 spiro atoms. The van der Waals surface area contributed by atoms with Gasteiger partial charge in [0.1, 0.15) is 12.4 Å². The van der Waals surface area contributed by atoms with Gasteiger partial charge in [0.15, 0.2) is 9.84 Å². The highest BCUT2D eigenvalue weighted by atomic mass is 32.2. The van der Waals surface area contributed by atoms with E-state index in [1.165, 1.54) is 12.1 Å². The topological polar surface area (TPSA) is 98.5 Å². The summed E-state index contributed by atoms with van der Waals surface area (Å²) in [5.74, 6) is 0.663.